The predicted octanol–water partition coefficient (Wildman–Crippen LogP) is 7.42. The second kappa shape index (κ2) is 19.6. The summed E-state index contributed by atoms with van der Waals surface area (Å²) in [7, 11) is 0. The van der Waals surface area contributed by atoms with Gasteiger partial charge in [-0.3, -0.25) is 29.2 Å². The number of pyridine rings is 1. The molecule has 4 aliphatic heterocycles. The summed E-state index contributed by atoms with van der Waals surface area (Å²) < 4.78 is 22.2. The Labute approximate surface area is 376 Å². The first-order chi connectivity index (χ1) is 30.4. The van der Waals surface area contributed by atoms with E-state index in [1.807, 2.05) is 34.0 Å². The van der Waals surface area contributed by atoms with Gasteiger partial charge in [0.15, 0.2) is 11.6 Å². The van der Waals surface area contributed by atoms with Crippen molar-refractivity contribution in [3.05, 3.63) is 87.5 Å². The van der Waals surface area contributed by atoms with E-state index in [0.29, 0.717) is 55.3 Å². The first-order valence-corrected chi connectivity index (χ1v) is 22.8. The number of rotatable bonds is 17. The average Bonchev–Trinajstić information content (AvgIpc) is 3.88. The van der Waals surface area contributed by atoms with Gasteiger partial charge >= 0.3 is 0 Å². The highest BCUT2D eigenvalue weighted by Gasteiger charge is 2.40. The summed E-state index contributed by atoms with van der Waals surface area (Å²) in [5.74, 6) is -0.166. The quantitative estimate of drug-likeness (QED) is 0.0551. The minimum Gasteiger partial charge on any atom is -0.482 e. The SMILES string of the molecule is C[C@H](Oc1cc(-c2cnn(C3CCN(C(=O)CCCCCCCN4CC(CNc5cccc6c5CN(C5CCC(=O)NC5=O)C6=O)C4)CC3)c2)cnc1N)c1c(Cl)ccc(F)c1Cl. The van der Waals surface area contributed by atoms with Gasteiger partial charge in [-0.25, -0.2) is 9.37 Å². The van der Waals surface area contributed by atoms with E-state index in [1.54, 1.807) is 30.3 Å². The Bertz CT molecular complexity index is 2350. The molecule has 2 aromatic carbocycles. The molecule has 8 rings (SSSR count). The third kappa shape index (κ3) is 10.1. The number of anilines is 2. The van der Waals surface area contributed by atoms with Crippen LogP contribution in [-0.2, 0) is 20.9 Å². The van der Waals surface area contributed by atoms with Gasteiger partial charge in [0.1, 0.15) is 18.0 Å². The zero-order chi connectivity index (χ0) is 44.2. The van der Waals surface area contributed by atoms with Crippen LogP contribution in [0.1, 0.15) is 105 Å². The van der Waals surface area contributed by atoms with Crippen LogP contribution < -0.4 is 21.1 Å². The highest BCUT2D eigenvalue weighted by molar-refractivity contribution is 6.36. The lowest BCUT2D eigenvalue weighted by Gasteiger charge is -2.39. The van der Waals surface area contributed by atoms with Crippen molar-refractivity contribution in [2.45, 2.75) is 95.9 Å². The van der Waals surface area contributed by atoms with E-state index in [4.69, 9.17) is 33.7 Å². The fraction of sp³-hybridized carbons (Fsp3) is 0.478. The Morgan fingerprint density at radius 3 is 2.59 bits per heavy atom. The maximum atomic E-state index is 14.2. The zero-order valence-electron chi connectivity index (χ0n) is 35.5. The number of fused-ring (bicyclic) bond motifs is 1. The monoisotopic (exact) mass is 901 g/mol. The molecule has 0 saturated carbocycles. The van der Waals surface area contributed by atoms with E-state index < -0.39 is 23.9 Å². The second-order valence-electron chi connectivity index (χ2n) is 17.2. The standard InChI is InChI=1S/C46H54Cl2FN9O5/c1-28(42-35(47)11-12-36(49)43(42)48)63-39-20-30(22-52-44(39)50)31-23-53-58(26-31)32-15-18-56(19-16-32)41(60)10-5-3-2-4-6-17-55-24-29(25-55)21-51-37-9-7-8-33-34(37)27-57(46(33)62)38-13-14-40(59)54-45(38)61/h7-9,11-12,20,22-23,26,28-29,32,38,51H,2-6,10,13-19,21,24-25,27H2,1H3,(H2,50,52)(H,54,59,61)/t28-,38?/m0/s1. The summed E-state index contributed by atoms with van der Waals surface area (Å²) in [6.07, 6.45) is 12.9. The number of aromatic nitrogens is 3. The first-order valence-electron chi connectivity index (χ1n) is 22.0. The number of nitrogens with two attached hydrogens (primary N) is 1. The Morgan fingerprint density at radius 1 is 1.02 bits per heavy atom. The number of halogens is 3. The average molecular weight is 903 g/mol. The summed E-state index contributed by atoms with van der Waals surface area (Å²) >= 11 is 12.5. The maximum absolute atomic E-state index is 14.2. The number of likely N-dealkylation sites (tertiary alicyclic amines) is 2. The molecule has 3 fully saturated rings. The number of nitrogens with zero attached hydrogens (tertiary/aromatic N) is 6. The summed E-state index contributed by atoms with van der Waals surface area (Å²) in [6, 6.07) is 9.67. The van der Waals surface area contributed by atoms with Crippen LogP contribution in [0.15, 0.2) is 55.0 Å². The van der Waals surface area contributed by atoms with Crippen LogP contribution in [0.3, 0.4) is 0 Å². The van der Waals surface area contributed by atoms with Crippen molar-refractivity contribution in [3.8, 4) is 16.9 Å². The van der Waals surface area contributed by atoms with E-state index in [9.17, 15) is 23.6 Å². The predicted molar refractivity (Wildman–Crippen MR) is 239 cm³/mol. The topological polar surface area (TPSA) is 168 Å². The molecule has 14 nitrogen and oxygen atoms in total. The molecule has 0 spiro atoms. The summed E-state index contributed by atoms with van der Waals surface area (Å²) in [5, 5.41) is 10.8. The van der Waals surface area contributed by atoms with E-state index in [1.165, 1.54) is 12.1 Å². The summed E-state index contributed by atoms with van der Waals surface area (Å²) in [6.45, 7) is 7.46. The summed E-state index contributed by atoms with van der Waals surface area (Å²) in [5.41, 5.74) is 10.6. The maximum Gasteiger partial charge on any atom is 0.255 e. The van der Waals surface area contributed by atoms with Gasteiger partial charge in [-0.1, -0.05) is 48.5 Å². The lowest BCUT2D eigenvalue weighted by Crippen LogP contribution is -2.52. The minimum absolute atomic E-state index is 0.0992. The Morgan fingerprint density at radius 2 is 1.79 bits per heavy atom. The molecule has 334 valence electrons. The molecule has 4 aliphatic rings. The molecule has 6 heterocycles. The molecule has 4 N–H and O–H groups in total. The fourth-order valence-electron chi connectivity index (χ4n) is 9.23. The lowest BCUT2D eigenvalue weighted by molar-refractivity contribution is -0.137. The van der Waals surface area contributed by atoms with Crippen LogP contribution in [0.4, 0.5) is 15.9 Å². The van der Waals surface area contributed by atoms with Crippen molar-refractivity contribution in [2.24, 2.45) is 5.92 Å². The van der Waals surface area contributed by atoms with E-state index in [0.717, 1.165) is 93.5 Å². The number of nitrogen functional groups attached to an aromatic ring is 1. The Kier molecular flexibility index (Phi) is 13.8. The number of benzene rings is 2. The van der Waals surface area contributed by atoms with Crippen LogP contribution in [0.5, 0.6) is 5.75 Å². The number of imide groups is 1. The number of piperidine rings is 2. The van der Waals surface area contributed by atoms with Crippen LogP contribution in [0.25, 0.3) is 11.1 Å². The Balaban J connectivity index is 0.689. The van der Waals surface area contributed by atoms with Gasteiger partial charge in [0.2, 0.25) is 17.7 Å². The number of hydrogen-bond donors (Lipinski definition) is 3. The normalized spacial score (nSPS) is 18.9. The number of carbonyl (C=O) groups is 4. The number of amides is 4. The van der Waals surface area contributed by atoms with E-state index in [-0.39, 0.29) is 46.0 Å². The molecular weight excluding hydrogens is 848 g/mol. The number of unbranched alkanes of at least 4 members (excludes halogenated alkanes) is 4. The third-order valence-electron chi connectivity index (χ3n) is 12.9. The molecule has 17 heteroatoms. The highest BCUT2D eigenvalue weighted by atomic mass is 35.5. The Hall–Kier alpha value is -5.25. The molecule has 3 saturated heterocycles. The second-order valence-corrected chi connectivity index (χ2v) is 18.0. The number of nitrogens with one attached hydrogen (secondary N) is 2. The lowest BCUT2D eigenvalue weighted by atomic mass is 9.98. The minimum atomic E-state index is -0.687. The summed E-state index contributed by atoms with van der Waals surface area (Å²) in [4.78, 5) is 60.7. The van der Waals surface area contributed by atoms with Crippen molar-refractivity contribution in [1.82, 2.24) is 34.8 Å². The molecule has 0 aliphatic carbocycles. The van der Waals surface area contributed by atoms with Crippen molar-refractivity contribution in [1.29, 1.82) is 0 Å². The largest absolute Gasteiger partial charge is 0.482 e. The van der Waals surface area contributed by atoms with Crippen LogP contribution in [0.2, 0.25) is 10.0 Å². The number of carbonyl (C=O) groups excluding carboxylic acids is 4. The molecule has 63 heavy (non-hydrogen) atoms. The van der Waals surface area contributed by atoms with Gasteiger partial charge in [0.05, 0.1) is 17.3 Å². The molecule has 2 atom stereocenters. The van der Waals surface area contributed by atoms with Gasteiger partial charge in [-0.15, -0.1) is 0 Å². The van der Waals surface area contributed by atoms with Gasteiger partial charge in [0, 0.05) is 109 Å². The van der Waals surface area contributed by atoms with Crippen molar-refractivity contribution in [2.75, 3.05) is 50.3 Å². The molecule has 2 aromatic heterocycles. The van der Waals surface area contributed by atoms with Crippen molar-refractivity contribution in [3.63, 3.8) is 0 Å². The van der Waals surface area contributed by atoms with Gasteiger partial charge in [0.25, 0.3) is 5.91 Å². The van der Waals surface area contributed by atoms with Gasteiger partial charge < -0.3 is 30.5 Å². The van der Waals surface area contributed by atoms with Crippen molar-refractivity contribution < 1.29 is 28.3 Å². The smallest absolute Gasteiger partial charge is 0.255 e. The first kappa shape index (κ1) is 44.4. The molecule has 1 unspecified atom stereocenters. The molecular formula is C46H54Cl2FN9O5. The van der Waals surface area contributed by atoms with Gasteiger partial charge in [-0.2, -0.15) is 5.10 Å². The van der Waals surface area contributed by atoms with Crippen molar-refractivity contribution >= 4 is 58.3 Å². The zero-order valence-corrected chi connectivity index (χ0v) is 37.0. The van der Waals surface area contributed by atoms with Crippen LogP contribution in [0, 0.1) is 11.7 Å². The van der Waals surface area contributed by atoms with Crippen LogP contribution in [-0.4, -0.2) is 98.4 Å². The molecule has 4 aromatic rings. The van der Waals surface area contributed by atoms with E-state index in [2.05, 4.69) is 25.6 Å². The van der Waals surface area contributed by atoms with Crippen LogP contribution >= 0.6 is 23.2 Å². The molecule has 0 bridgehead atoms. The third-order valence-corrected chi connectivity index (χ3v) is 13.6. The number of ether oxygens (including phenoxy) is 1. The van der Waals surface area contributed by atoms with Gasteiger partial charge in [-0.05, 0) is 75.9 Å². The highest BCUT2D eigenvalue weighted by Crippen LogP contribution is 2.38. The number of hydrogen-bond acceptors (Lipinski definition) is 10. The van der Waals surface area contributed by atoms with E-state index >= 15 is 0 Å². The molecule has 0 radical (unpaired) electrons. The molecule has 4 amide bonds. The fourth-order valence-corrected chi connectivity index (χ4v) is 9.91.